The Morgan fingerprint density at radius 1 is 0.902 bits per heavy atom. The fourth-order valence-corrected chi connectivity index (χ4v) is 7.72. The van der Waals surface area contributed by atoms with Gasteiger partial charge in [0, 0.05) is 59.8 Å². The van der Waals surface area contributed by atoms with Gasteiger partial charge < -0.3 is 19.4 Å². The number of imidazole rings is 1. The summed E-state index contributed by atoms with van der Waals surface area (Å²) in [6.45, 7) is 11.0. The number of anilines is 1. The molecule has 4 aromatic rings. The second-order valence-electron chi connectivity index (χ2n) is 12.9. The van der Waals surface area contributed by atoms with E-state index in [0.717, 1.165) is 86.8 Å². The van der Waals surface area contributed by atoms with Gasteiger partial charge in [0.2, 0.25) is 0 Å². The number of unbranched alkanes of at least 4 members (excludes halogenated alkanes) is 1. The van der Waals surface area contributed by atoms with Crippen molar-refractivity contribution in [2.24, 2.45) is 0 Å². The highest BCUT2D eigenvalue weighted by Crippen LogP contribution is 2.38. The van der Waals surface area contributed by atoms with Gasteiger partial charge in [0.25, 0.3) is 5.91 Å². The van der Waals surface area contributed by atoms with E-state index < -0.39 is 10.8 Å². The number of aryl methyl sites for hydroxylation is 1. The van der Waals surface area contributed by atoms with Crippen LogP contribution in [0.2, 0.25) is 0 Å². The van der Waals surface area contributed by atoms with Gasteiger partial charge in [-0.2, -0.15) is 0 Å². The lowest BCUT2D eigenvalue weighted by atomic mass is 9.98. The fourth-order valence-electron chi connectivity index (χ4n) is 6.64. The second-order valence-corrected chi connectivity index (χ2v) is 14.4. The van der Waals surface area contributed by atoms with Crippen molar-refractivity contribution in [2.45, 2.75) is 76.5 Å². The van der Waals surface area contributed by atoms with Crippen LogP contribution in [0.5, 0.6) is 5.75 Å². The third-order valence-electron chi connectivity index (χ3n) is 9.23. The molecule has 2 unspecified atom stereocenters. The number of ether oxygens (including phenoxy) is 2. The molecule has 270 valence electrons. The third kappa shape index (κ3) is 10.2. The van der Waals surface area contributed by atoms with Crippen LogP contribution in [0, 0.1) is 0 Å². The molecule has 8 nitrogen and oxygen atoms in total. The van der Waals surface area contributed by atoms with Crippen LogP contribution >= 0.6 is 0 Å². The van der Waals surface area contributed by atoms with Crippen molar-refractivity contribution in [3.63, 3.8) is 0 Å². The molecule has 51 heavy (non-hydrogen) atoms. The molecular formula is C42H53N4O4S+. The highest BCUT2D eigenvalue weighted by molar-refractivity contribution is 7.84. The van der Waals surface area contributed by atoms with Gasteiger partial charge in [-0.3, -0.25) is 13.5 Å². The molecule has 0 spiro atoms. The predicted octanol–water partition coefficient (Wildman–Crippen LogP) is 8.91. The summed E-state index contributed by atoms with van der Waals surface area (Å²) in [5, 5.41) is 3.09. The summed E-state index contributed by atoms with van der Waals surface area (Å²) < 4.78 is 27.5. The molecule has 1 N–H and O–H groups in total. The Balaban J connectivity index is 1.35. The molecule has 1 amide bonds. The number of carbonyl (C=O) groups excluding carboxylic acids is 1. The first-order chi connectivity index (χ1) is 25.0. The van der Waals surface area contributed by atoms with E-state index >= 15 is 0 Å². The maximum atomic E-state index is 13.7. The molecule has 0 bridgehead atoms. The minimum atomic E-state index is -1.24. The number of para-hydroxylation sites is 1. The molecule has 1 aliphatic heterocycles. The molecule has 0 aliphatic carbocycles. The van der Waals surface area contributed by atoms with Crippen LogP contribution in [0.3, 0.4) is 0 Å². The normalized spacial score (nSPS) is 16.8. The first kappa shape index (κ1) is 37.9. The zero-order valence-corrected chi connectivity index (χ0v) is 31.2. The topological polar surface area (TPSA) is 82.4 Å². The lowest BCUT2D eigenvalue weighted by molar-refractivity contribution is -0.113. The monoisotopic (exact) mass is 709 g/mol. The molecule has 0 fully saturated rings. The first-order valence-electron chi connectivity index (χ1n) is 18.4. The Morgan fingerprint density at radius 3 is 2.41 bits per heavy atom. The van der Waals surface area contributed by atoms with E-state index in [-0.39, 0.29) is 5.91 Å². The zero-order valence-electron chi connectivity index (χ0n) is 30.4. The third-order valence-corrected chi connectivity index (χ3v) is 10.5. The van der Waals surface area contributed by atoms with Crippen molar-refractivity contribution >= 4 is 33.8 Å². The number of hydrogen-bond donors (Lipinski definition) is 1. The molecular weight excluding hydrogens is 657 g/mol. The van der Waals surface area contributed by atoms with Gasteiger partial charge in [-0.05, 0) is 92.4 Å². The summed E-state index contributed by atoms with van der Waals surface area (Å²) in [7, 11) is -1.24. The molecule has 0 saturated carbocycles. The summed E-state index contributed by atoms with van der Waals surface area (Å²) >= 11 is 0. The number of benzene rings is 3. The molecule has 1 aromatic heterocycles. The van der Waals surface area contributed by atoms with Crippen LogP contribution in [0.1, 0.15) is 70.7 Å². The lowest BCUT2D eigenvalue weighted by Crippen LogP contribution is -2.49. The number of rotatable bonds is 18. The highest BCUT2D eigenvalue weighted by atomic mass is 32.2. The van der Waals surface area contributed by atoms with Crippen LogP contribution in [-0.2, 0) is 32.6 Å². The molecule has 9 heteroatoms. The second kappa shape index (κ2) is 19.3. The van der Waals surface area contributed by atoms with Gasteiger partial charge in [0.05, 0.1) is 36.2 Å². The number of quaternary nitrogens is 1. The fraction of sp³-hybridized carbons (Fsp3) is 0.381. The van der Waals surface area contributed by atoms with Gasteiger partial charge in [-0.25, -0.2) is 4.98 Å². The quantitative estimate of drug-likeness (QED) is 0.0825. The van der Waals surface area contributed by atoms with E-state index in [1.165, 1.54) is 5.69 Å². The van der Waals surface area contributed by atoms with Crippen LogP contribution in [-0.4, -0.2) is 52.6 Å². The maximum Gasteiger partial charge on any atom is 0.251 e. The van der Waals surface area contributed by atoms with Gasteiger partial charge >= 0.3 is 0 Å². The Kier molecular flexibility index (Phi) is 14.4. The van der Waals surface area contributed by atoms with E-state index in [0.29, 0.717) is 40.5 Å². The van der Waals surface area contributed by atoms with E-state index in [1.807, 2.05) is 48.7 Å². The number of aromatic nitrogens is 2. The number of carbonyl (C=O) groups is 1. The molecule has 3 aromatic carbocycles. The molecule has 0 saturated heterocycles. The Bertz CT molecular complexity index is 1770. The predicted molar refractivity (Wildman–Crippen MR) is 209 cm³/mol. The number of nitrogens with one attached hydrogen (secondary N) is 1. The summed E-state index contributed by atoms with van der Waals surface area (Å²) in [6, 6.07) is 26.3. The molecule has 1 aliphatic rings. The van der Waals surface area contributed by atoms with Crippen molar-refractivity contribution in [1.29, 1.82) is 0 Å². The zero-order chi connectivity index (χ0) is 35.9. The number of nitrogens with zero attached hydrogens (tertiary/aromatic N) is 3. The van der Waals surface area contributed by atoms with Gasteiger partial charge in [0.1, 0.15) is 29.6 Å². The number of hydrogen-bond acceptors (Lipinski definition) is 5. The molecule has 0 radical (unpaired) electrons. The van der Waals surface area contributed by atoms with E-state index in [9.17, 15) is 9.00 Å². The SMILES string of the molecule is CCCCOCCOc1ccc(C2=CC=C(C(=O)Nc3ccc(S(=O)Cc4nccn4CCC)cc3)CCC[N+]2(CCC)c2ccccc2)cc1. The Hall–Kier alpha value is -4.31. The van der Waals surface area contributed by atoms with Crippen molar-refractivity contribution in [1.82, 2.24) is 14.0 Å². The summed E-state index contributed by atoms with van der Waals surface area (Å²) in [5.41, 5.74) is 4.88. The van der Waals surface area contributed by atoms with E-state index in [1.54, 1.807) is 6.20 Å². The minimum Gasteiger partial charge on any atom is -0.491 e. The minimum absolute atomic E-state index is 0.124. The number of allylic oxidation sites excluding steroid dienone is 2. The molecule has 5 rings (SSSR count). The van der Waals surface area contributed by atoms with Gasteiger partial charge in [-0.1, -0.05) is 45.4 Å². The summed E-state index contributed by atoms with van der Waals surface area (Å²) in [6.07, 6.45) is 13.5. The number of amides is 1. The largest absolute Gasteiger partial charge is 0.491 e. The smallest absolute Gasteiger partial charge is 0.251 e. The van der Waals surface area contributed by atoms with Gasteiger partial charge in [-0.15, -0.1) is 0 Å². The first-order valence-corrected chi connectivity index (χ1v) is 19.7. The average molecular weight is 710 g/mol. The maximum absolute atomic E-state index is 13.7. The van der Waals surface area contributed by atoms with Crippen molar-refractivity contribution in [3.8, 4) is 5.75 Å². The molecule has 2 atom stereocenters. The average Bonchev–Trinajstić information content (AvgIpc) is 3.58. The van der Waals surface area contributed by atoms with Gasteiger partial charge in [0.15, 0.2) is 0 Å². The van der Waals surface area contributed by atoms with Crippen molar-refractivity contribution in [3.05, 3.63) is 120 Å². The summed E-state index contributed by atoms with van der Waals surface area (Å²) in [4.78, 5) is 18.8. The van der Waals surface area contributed by atoms with E-state index in [2.05, 4.69) is 84.2 Å². The van der Waals surface area contributed by atoms with Crippen LogP contribution < -0.4 is 14.5 Å². The van der Waals surface area contributed by atoms with Crippen molar-refractivity contribution in [2.75, 3.05) is 38.2 Å². The highest BCUT2D eigenvalue weighted by Gasteiger charge is 2.36. The van der Waals surface area contributed by atoms with E-state index in [4.69, 9.17) is 9.47 Å². The Labute approximate surface area is 306 Å². The van der Waals surface area contributed by atoms with Crippen LogP contribution in [0.25, 0.3) is 5.70 Å². The van der Waals surface area contributed by atoms with Crippen molar-refractivity contribution < 1.29 is 18.5 Å². The van der Waals surface area contributed by atoms with Crippen LogP contribution in [0.15, 0.2) is 114 Å². The molecule has 2 heterocycles. The summed E-state index contributed by atoms with van der Waals surface area (Å²) in [5.74, 6) is 1.86. The standard InChI is InChI=1S/C42H52N4O4S/c1-4-7-30-49-31-32-50-38-20-15-34(16-21-38)40-24-17-35(12-11-29-46(40,28-6-3)37-13-9-8-10-14-37)42(47)44-36-18-22-39(23-19-36)51(48)33-41-43-25-27-45(41)26-5-2/h8-10,13-25,27H,4-7,11-12,26,28-33H2,1-3H3/p+1. The van der Waals surface area contributed by atoms with Crippen LogP contribution in [0.4, 0.5) is 11.4 Å². The Morgan fingerprint density at radius 2 is 1.69 bits per heavy atom. The lowest BCUT2D eigenvalue weighted by Gasteiger charge is -2.40.